The van der Waals surface area contributed by atoms with Crippen LogP contribution in [0.4, 0.5) is 0 Å². The maximum Gasteiger partial charge on any atom is 0.226 e. The number of hydrogen-bond acceptors (Lipinski definition) is 4. The number of amidine groups is 1. The first kappa shape index (κ1) is 13.8. The lowest BCUT2D eigenvalue weighted by molar-refractivity contribution is -0.137. The molecule has 0 aromatic heterocycles. The minimum Gasteiger partial charge on any atom is -0.409 e. The van der Waals surface area contributed by atoms with Crippen LogP contribution in [0.2, 0.25) is 0 Å². The van der Waals surface area contributed by atoms with Crippen LogP contribution in [0.15, 0.2) is 5.16 Å². The van der Waals surface area contributed by atoms with Gasteiger partial charge in [0.05, 0.1) is 6.54 Å². The molecule has 0 bridgehead atoms. The summed E-state index contributed by atoms with van der Waals surface area (Å²) in [6, 6.07) is 0. The zero-order valence-corrected chi connectivity index (χ0v) is 10.3. The van der Waals surface area contributed by atoms with Crippen LogP contribution in [-0.4, -0.2) is 48.2 Å². The second-order valence-corrected chi connectivity index (χ2v) is 4.24. The van der Waals surface area contributed by atoms with E-state index in [0.29, 0.717) is 19.8 Å². The zero-order valence-electron chi connectivity index (χ0n) is 10.3. The maximum atomic E-state index is 12.2. The molecule has 0 saturated carbocycles. The van der Waals surface area contributed by atoms with E-state index < -0.39 is 0 Å². The quantitative estimate of drug-likeness (QED) is 0.316. The van der Waals surface area contributed by atoms with Crippen LogP contribution in [0, 0.1) is 5.92 Å². The van der Waals surface area contributed by atoms with E-state index in [1.54, 1.807) is 4.90 Å². The van der Waals surface area contributed by atoms with Gasteiger partial charge < -0.3 is 20.6 Å². The molecular weight excluding hydrogens is 222 g/mol. The molecule has 6 nitrogen and oxygen atoms in total. The van der Waals surface area contributed by atoms with Crippen LogP contribution < -0.4 is 5.73 Å². The Bertz CT molecular complexity index is 275. The number of carbonyl (C=O) groups is 1. The van der Waals surface area contributed by atoms with E-state index in [1.165, 1.54) is 0 Å². The fraction of sp³-hybridized carbons (Fsp3) is 0.818. The number of nitrogens with two attached hydrogens (primary N) is 1. The summed E-state index contributed by atoms with van der Waals surface area (Å²) in [5, 5.41) is 11.5. The Kier molecular flexibility index (Phi) is 5.76. The molecule has 6 heteroatoms. The molecular formula is C11H21N3O3. The lowest BCUT2D eigenvalue weighted by Crippen LogP contribution is -2.43. The molecule has 0 aliphatic carbocycles. The van der Waals surface area contributed by atoms with Crippen molar-refractivity contribution < 1.29 is 14.7 Å². The second kappa shape index (κ2) is 7.11. The molecule has 1 amide bonds. The standard InChI is InChI=1S/C11H21N3O3/c1-2-5-14(8-10(12)13-16)11(15)9-3-6-17-7-4-9/h9,16H,2-8H2,1H3,(H2,12,13). The minimum absolute atomic E-state index is 0.0155. The van der Waals surface area contributed by atoms with Gasteiger partial charge in [0.2, 0.25) is 5.91 Å². The van der Waals surface area contributed by atoms with Crippen LogP contribution in [0.1, 0.15) is 26.2 Å². The van der Waals surface area contributed by atoms with E-state index in [0.717, 1.165) is 19.3 Å². The third kappa shape index (κ3) is 4.22. The predicted octanol–water partition coefficient (Wildman–Crippen LogP) is 0.398. The highest BCUT2D eigenvalue weighted by atomic mass is 16.5. The number of carbonyl (C=O) groups excluding carboxylic acids is 1. The fourth-order valence-electron chi connectivity index (χ4n) is 1.97. The number of amides is 1. The van der Waals surface area contributed by atoms with Crippen molar-refractivity contribution in [1.82, 2.24) is 4.90 Å². The average molecular weight is 243 g/mol. The molecule has 0 spiro atoms. The Morgan fingerprint density at radius 2 is 2.18 bits per heavy atom. The lowest BCUT2D eigenvalue weighted by Gasteiger charge is -2.28. The first-order valence-electron chi connectivity index (χ1n) is 6.02. The Morgan fingerprint density at radius 1 is 1.53 bits per heavy atom. The van der Waals surface area contributed by atoms with E-state index in [2.05, 4.69) is 5.16 Å². The van der Waals surface area contributed by atoms with Crippen molar-refractivity contribution >= 4 is 11.7 Å². The van der Waals surface area contributed by atoms with Crippen molar-refractivity contribution in [1.29, 1.82) is 0 Å². The molecule has 1 aliphatic rings. The molecule has 0 unspecified atom stereocenters. The van der Waals surface area contributed by atoms with Crippen LogP contribution in [0.5, 0.6) is 0 Å². The van der Waals surface area contributed by atoms with Crippen molar-refractivity contribution in [2.24, 2.45) is 16.8 Å². The molecule has 0 atom stereocenters. The second-order valence-electron chi connectivity index (χ2n) is 4.24. The number of hydrogen-bond donors (Lipinski definition) is 2. The summed E-state index contributed by atoms with van der Waals surface area (Å²) in [5.74, 6) is 0.169. The Hall–Kier alpha value is -1.30. The fourth-order valence-corrected chi connectivity index (χ4v) is 1.97. The maximum absolute atomic E-state index is 12.2. The van der Waals surface area contributed by atoms with Gasteiger partial charge in [0, 0.05) is 25.7 Å². The molecule has 1 heterocycles. The van der Waals surface area contributed by atoms with Gasteiger partial charge in [0.25, 0.3) is 0 Å². The smallest absolute Gasteiger partial charge is 0.226 e. The third-order valence-electron chi connectivity index (χ3n) is 2.86. The summed E-state index contributed by atoms with van der Waals surface area (Å²) in [6.07, 6.45) is 2.37. The van der Waals surface area contributed by atoms with Gasteiger partial charge in [-0.1, -0.05) is 12.1 Å². The summed E-state index contributed by atoms with van der Waals surface area (Å²) < 4.78 is 5.23. The predicted molar refractivity (Wildman–Crippen MR) is 63.8 cm³/mol. The Morgan fingerprint density at radius 3 is 2.71 bits per heavy atom. The van der Waals surface area contributed by atoms with Crippen molar-refractivity contribution in [3.05, 3.63) is 0 Å². The van der Waals surface area contributed by atoms with Gasteiger partial charge in [-0.3, -0.25) is 4.79 Å². The molecule has 0 aromatic carbocycles. The van der Waals surface area contributed by atoms with Crippen molar-refractivity contribution in [2.75, 3.05) is 26.3 Å². The van der Waals surface area contributed by atoms with Gasteiger partial charge in [-0.05, 0) is 19.3 Å². The molecule has 98 valence electrons. The van der Waals surface area contributed by atoms with Gasteiger partial charge in [-0.25, -0.2) is 0 Å². The molecule has 0 radical (unpaired) electrons. The molecule has 1 rings (SSSR count). The summed E-state index contributed by atoms with van der Waals surface area (Å²) in [5.41, 5.74) is 5.45. The highest BCUT2D eigenvalue weighted by Crippen LogP contribution is 2.17. The van der Waals surface area contributed by atoms with Gasteiger partial charge in [0.15, 0.2) is 5.84 Å². The topological polar surface area (TPSA) is 88.1 Å². The van der Waals surface area contributed by atoms with Gasteiger partial charge in [0.1, 0.15) is 0 Å². The van der Waals surface area contributed by atoms with Crippen LogP contribution in [0.25, 0.3) is 0 Å². The zero-order chi connectivity index (χ0) is 12.7. The summed E-state index contributed by atoms with van der Waals surface area (Å²) in [7, 11) is 0. The normalized spacial score (nSPS) is 18.1. The van der Waals surface area contributed by atoms with Crippen molar-refractivity contribution in [3.63, 3.8) is 0 Å². The third-order valence-corrected chi connectivity index (χ3v) is 2.86. The molecule has 1 fully saturated rings. The van der Waals surface area contributed by atoms with Gasteiger partial charge >= 0.3 is 0 Å². The van der Waals surface area contributed by atoms with Crippen molar-refractivity contribution in [3.8, 4) is 0 Å². The SMILES string of the molecule is CCCN(CC(N)=NO)C(=O)C1CCOCC1. The molecule has 1 aliphatic heterocycles. The summed E-state index contributed by atoms with van der Waals surface area (Å²) >= 11 is 0. The average Bonchev–Trinajstić information content (AvgIpc) is 2.38. The first-order valence-corrected chi connectivity index (χ1v) is 6.02. The number of oxime groups is 1. The highest BCUT2D eigenvalue weighted by Gasteiger charge is 2.26. The Labute approximate surface area is 101 Å². The molecule has 3 N–H and O–H groups in total. The largest absolute Gasteiger partial charge is 0.409 e. The van der Waals surface area contributed by atoms with Gasteiger partial charge in [-0.15, -0.1) is 0 Å². The van der Waals surface area contributed by atoms with E-state index in [4.69, 9.17) is 15.7 Å². The molecule has 17 heavy (non-hydrogen) atoms. The molecule has 0 aromatic rings. The van der Waals surface area contributed by atoms with E-state index in [9.17, 15) is 4.79 Å². The monoisotopic (exact) mass is 243 g/mol. The summed E-state index contributed by atoms with van der Waals surface area (Å²) in [6.45, 7) is 4.10. The minimum atomic E-state index is 0.0155. The first-order chi connectivity index (χ1) is 8.19. The van der Waals surface area contributed by atoms with E-state index >= 15 is 0 Å². The van der Waals surface area contributed by atoms with Gasteiger partial charge in [-0.2, -0.15) is 0 Å². The Balaban J connectivity index is 2.58. The molecule has 1 saturated heterocycles. The van der Waals surface area contributed by atoms with E-state index in [1.807, 2.05) is 6.92 Å². The number of rotatable bonds is 5. The van der Waals surface area contributed by atoms with Crippen LogP contribution >= 0.6 is 0 Å². The van der Waals surface area contributed by atoms with Crippen LogP contribution in [-0.2, 0) is 9.53 Å². The van der Waals surface area contributed by atoms with E-state index in [-0.39, 0.29) is 24.2 Å². The lowest BCUT2D eigenvalue weighted by atomic mass is 9.98. The summed E-state index contributed by atoms with van der Waals surface area (Å²) in [4.78, 5) is 13.9. The number of nitrogens with zero attached hydrogens (tertiary/aromatic N) is 2. The number of ether oxygens (including phenoxy) is 1. The van der Waals surface area contributed by atoms with Crippen LogP contribution in [0.3, 0.4) is 0 Å². The highest BCUT2D eigenvalue weighted by molar-refractivity contribution is 5.87. The van der Waals surface area contributed by atoms with Crippen molar-refractivity contribution in [2.45, 2.75) is 26.2 Å².